The number of aromatic nitrogens is 1. The summed E-state index contributed by atoms with van der Waals surface area (Å²) in [7, 11) is 2.02. The minimum Gasteiger partial charge on any atom is -0.382 e. The van der Waals surface area contributed by atoms with Gasteiger partial charge in [0, 0.05) is 36.5 Å². The van der Waals surface area contributed by atoms with Crippen molar-refractivity contribution in [3.05, 3.63) is 53.4 Å². The molecule has 1 aromatic carbocycles. The van der Waals surface area contributed by atoms with Crippen LogP contribution in [0.5, 0.6) is 0 Å². The predicted molar refractivity (Wildman–Crippen MR) is 109 cm³/mol. The standard InChI is InChI=1S/C21H23N7/c1-27-26-19(20-18-10-11-23-21(18)24-13-28(20)27)15-4-8-17(9-5-15)25-16-6-2-14(12-22)3-7-16/h2-3,6-7,10-11,13,15,17,23,25-26H,4-5,8-9H2,1H3. The molecule has 3 N–H and O–H groups in total. The molecule has 0 saturated heterocycles. The lowest BCUT2D eigenvalue weighted by atomic mass is 9.83. The van der Waals surface area contributed by atoms with Gasteiger partial charge in [0.2, 0.25) is 0 Å². The Hall–Kier alpha value is -3.24. The number of aromatic amines is 1. The van der Waals surface area contributed by atoms with Crippen LogP contribution in [0.4, 0.5) is 11.5 Å². The number of hydrogen-bond donors (Lipinski definition) is 3. The number of hydrogen-bond acceptors (Lipinski definition) is 6. The summed E-state index contributed by atoms with van der Waals surface area (Å²) in [6.07, 6.45) is 8.34. The van der Waals surface area contributed by atoms with E-state index in [2.05, 4.69) is 37.9 Å². The summed E-state index contributed by atoms with van der Waals surface area (Å²) >= 11 is 0. The molecule has 0 atom stereocenters. The molecule has 3 heterocycles. The van der Waals surface area contributed by atoms with Gasteiger partial charge in [-0.25, -0.2) is 10.0 Å². The molecule has 0 amide bonds. The van der Waals surface area contributed by atoms with Crippen LogP contribution >= 0.6 is 0 Å². The molecule has 1 fully saturated rings. The fourth-order valence-corrected chi connectivity index (χ4v) is 4.42. The minimum absolute atomic E-state index is 0.473. The summed E-state index contributed by atoms with van der Waals surface area (Å²) in [5.74, 6) is 1.44. The summed E-state index contributed by atoms with van der Waals surface area (Å²) in [6, 6.07) is 12.5. The van der Waals surface area contributed by atoms with Crippen LogP contribution in [0.15, 0.2) is 47.2 Å². The van der Waals surface area contributed by atoms with Crippen molar-refractivity contribution in [3.63, 3.8) is 0 Å². The molecule has 7 heteroatoms. The van der Waals surface area contributed by atoms with Crippen molar-refractivity contribution < 1.29 is 0 Å². The Morgan fingerprint density at radius 1 is 1.14 bits per heavy atom. The lowest BCUT2D eigenvalue weighted by Crippen LogP contribution is -2.40. The van der Waals surface area contributed by atoms with E-state index in [0.717, 1.165) is 42.8 Å². The van der Waals surface area contributed by atoms with Gasteiger partial charge in [-0.2, -0.15) is 5.26 Å². The molecule has 2 aliphatic heterocycles. The van der Waals surface area contributed by atoms with Gasteiger partial charge in [-0.1, -0.05) is 0 Å². The third-order valence-corrected chi connectivity index (χ3v) is 5.89. The number of nitriles is 1. The summed E-state index contributed by atoms with van der Waals surface area (Å²) < 4.78 is 0. The number of H-pyrrole nitrogens is 1. The number of nitrogens with one attached hydrogen (secondary N) is 3. The predicted octanol–water partition coefficient (Wildman–Crippen LogP) is 3.57. The van der Waals surface area contributed by atoms with Crippen molar-refractivity contribution in [2.75, 3.05) is 12.4 Å². The maximum atomic E-state index is 8.93. The van der Waals surface area contributed by atoms with Gasteiger partial charge >= 0.3 is 0 Å². The molecule has 1 aliphatic carbocycles. The molecule has 0 bridgehead atoms. The van der Waals surface area contributed by atoms with E-state index in [4.69, 9.17) is 5.26 Å². The van der Waals surface area contributed by atoms with Gasteiger partial charge in [0.15, 0.2) is 0 Å². The van der Waals surface area contributed by atoms with E-state index in [-0.39, 0.29) is 0 Å². The van der Waals surface area contributed by atoms with Crippen molar-refractivity contribution in [3.8, 4) is 6.07 Å². The number of aliphatic imine (C=N–C) groups is 1. The fraction of sp³-hybridized carbons (Fsp3) is 0.333. The average molecular weight is 373 g/mol. The molecular formula is C21H23N7. The Kier molecular flexibility index (Phi) is 4.06. The second-order valence-corrected chi connectivity index (χ2v) is 7.61. The van der Waals surface area contributed by atoms with Crippen molar-refractivity contribution in [2.45, 2.75) is 31.7 Å². The Bertz CT molecular complexity index is 971. The monoisotopic (exact) mass is 373 g/mol. The van der Waals surface area contributed by atoms with Crippen molar-refractivity contribution in [1.29, 1.82) is 5.26 Å². The minimum atomic E-state index is 0.473. The van der Waals surface area contributed by atoms with Gasteiger partial charge in [0.05, 0.1) is 23.0 Å². The van der Waals surface area contributed by atoms with Crippen LogP contribution < -0.4 is 10.7 Å². The highest BCUT2D eigenvalue weighted by Crippen LogP contribution is 2.41. The van der Waals surface area contributed by atoms with E-state index in [1.54, 1.807) is 0 Å². The Balaban J connectivity index is 1.30. The first-order valence-electron chi connectivity index (χ1n) is 9.75. The Morgan fingerprint density at radius 3 is 2.68 bits per heavy atom. The molecule has 3 aliphatic rings. The molecule has 7 nitrogen and oxygen atoms in total. The lowest BCUT2D eigenvalue weighted by molar-refractivity contribution is 0.114. The quantitative estimate of drug-likeness (QED) is 0.766. The fourth-order valence-electron chi connectivity index (χ4n) is 4.42. The maximum Gasteiger partial charge on any atom is 0.141 e. The van der Waals surface area contributed by atoms with Crippen LogP contribution in [0.1, 0.15) is 36.8 Å². The van der Waals surface area contributed by atoms with Crippen LogP contribution in [0.25, 0.3) is 5.70 Å². The highest BCUT2D eigenvalue weighted by atomic mass is 15.8. The van der Waals surface area contributed by atoms with Gasteiger partial charge in [0.1, 0.15) is 12.2 Å². The van der Waals surface area contributed by atoms with Gasteiger partial charge in [-0.15, -0.1) is 5.12 Å². The van der Waals surface area contributed by atoms with Crippen molar-refractivity contribution in [1.82, 2.24) is 20.5 Å². The first-order valence-corrected chi connectivity index (χ1v) is 9.75. The summed E-state index contributed by atoms with van der Waals surface area (Å²) in [5, 5.41) is 16.7. The third kappa shape index (κ3) is 2.83. The smallest absolute Gasteiger partial charge is 0.141 e. The normalized spacial score (nSPS) is 23.8. The van der Waals surface area contributed by atoms with Crippen LogP contribution in [-0.4, -0.2) is 34.5 Å². The summed E-state index contributed by atoms with van der Waals surface area (Å²) in [4.78, 5) is 7.71. The van der Waals surface area contributed by atoms with E-state index in [1.807, 2.05) is 49.0 Å². The molecular weight excluding hydrogens is 350 g/mol. The van der Waals surface area contributed by atoms with Crippen LogP contribution in [0.2, 0.25) is 0 Å². The highest BCUT2D eigenvalue weighted by molar-refractivity contribution is 5.87. The summed E-state index contributed by atoms with van der Waals surface area (Å²) in [6.45, 7) is 0. The second kappa shape index (κ2) is 6.73. The van der Waals surface area contributed by atoms with E-state index in [1.165, 1.54) is 11.4 Å². The zero-order valence-electron chi connectivity index (χ0n) is 15.8. The number of anilines is 1. The van der Waals surface area contributed by atoms with Crippen molar-refractivity contribution >= 4 is 23.5 Å². The molecule has 1 aromatic heterocycles. The van der Waals surface area contributed by atoms with Gasteiger partial charge in [0.25, 0.3) is 0 Å². The number of rotatable bonds is 3. The molecule has 28 heavy (non-hydrogen) atoms. The van der Waals surface area contributed by atoms with E-state index >= 15 is 0 Å². The first kappa shape index (κ1) is 16.9. The third-order valence-electron chi connectivity index (χ3n) is 5.89. The zero-order chi connectivity index (χ0) is 19.1. The van der Waals surface area contributed by atoms with E-state index < -0.39 is 0 Å². The largest absolute Gasteiger partial charge is 0.382 e. The van der Waals surface area contributed by atoms with Crippen molar-refractivity contribution in [2.24, 2.45) is 10.9 Å². The molecule has 2 aromatic rings. The second-order valence-electron chi connectivity index (χ2n) is 7.61. The maximum absolute atomic E-state index is 8.93. The topological polar surface area (TPSA) is 82.5 Å². The Labute approximate surface area is 164 Å². The van der Waals surface area contributed by atoms with Gasteiger partial charge in [-0.3, -0.25) is 0 Å². The number of benzene rings is 1. The zero-order valence-corrected chi connectivity index (χ0v) is 15.8. The van der Waals surface area contributed by atoms with Crippen LogP contribution in [-0.2, 0) is 0 Å². The van der Waals surface area contributed by atoms with Crippen LogP contribution in [0.3, 0.4) is 0 Å². The number of hydrazine groups is 2. The average Bonchev–Trinajstić information content (AvgIpc) is 3.33. The van der Waals surface area contributed by atoms with E-state index in [0.29, 0.717) is 17.5 Å². The van der Waals surface area contributed by atoms with E-state index in [9.17, 15) is 0 Å². The van der Waals surface area contributed by atoms with Crippen LogP contribution in [0, 0.1) is 17.2 Å². The molecule has 1 saturated carbocycles. The molecule has 0 unspecified atom stereocenters. The lowest BCUT2D eigenvalue weighted by Gasteiger charge is -2.31. The molecule has 142 valence electrons. The summed E-state index contributed by atoms with van der Waals surface area (Å²) in [5.41, 5.74) is 9.02. The number of allylic oxidation sites excluding steroid dienone is 1. The first-order chi connectivity index (χ1) is 13.7. The molecule has 5 rings (SSSR count). The van der Waals surface area contributed by atoms with Gasteiger partial charge < -0.3 is 15.7 Å². The SMILES string of the molecule is CN1NC(C2CCC(Nc3ccc(C#N)cc3)CC2)=C2c3cc[nH]c3N=CN21. The number of fused-ring (bicyclic) bond motifs is 3. The number of nitrogens with zero attached hydrogens (tertiary/aromatic N) is 4. The molecule has 0 radical (unpaired) electrons. The highest BCUT2D eigenvalue weighted by Gasteiger charge is 2.36. The Morgan fingerprint density at radius 2 is 1.93 bits per heavy atom. The van der Waals surface area contributed by atoms with Gasteiger partial charge in [-0.05, 0) is 56.0 Å². The molecule has 0 spiro atoms.